The van der Waals surface area contributed by atoms with Crippen LogP contribution in [0.3, 0.4) is 0 Å². The molecule has 0 bridgehead atoms. The van der Waals surface area contributed by atoms with Crippen LogP contribution in [0.1, 0.15) is 17.3 Å². The van der Waals surface area contributed by atoms with Gasteiger partial charge in [-0.05, 0) is 37.3 Å². The topological polar surface area (TPSA) is 97.6 Å². The smallest absolute Gasteiger partial charge is 0.223 e. The van der Waals surface area contributed by atoms with Gasteiger partial charge in [0.1, 0.15) is 11.5 Å². The molecule has 0 saturated heterocycles. The van der Waals surface area contributed by atoms with Crippen LogP contribution in [0.15, 0.2) is 61.4 Å². The molecule has 10 heteroatoms. The molecule has 2 N–H and O–H groups in total. The van der Waals surface area contributed by atoms with Crippen molar-refractivity contribution in [1.82, 2.24) is 24.5 Å². The summed E-state index contributed by atoms with van der Waals surface area (Å²) >= 11 is 12.5. The predicted octanol–water partition coefficient (Wildman–Crippen LogP) is 4.76. The van der Waals surface area contributed by atoms with Crippen LogP contribution in [0, 0.1) is 0 Å². The number of ketones is 1. The van der Waals surface area contributed by atoms with Crippen LogP contribution in [-0.2, 0) is 0 Å². The van der Waals surface area contributed by atoms with Crippen LogP contribution >= 0.6 is 23.2 Å². The van der Waals surface area contributed by atoms with E-state index in [0.29, 0.717) is 46.2 Å². The molecular weight excluding hydrogens is 449 g/mol. The molecule has 0 radical (unpaired) electrons. The minimum Gasteiger partial charge on any atom is -0.368 e. The van der Waals surface area contributed by atoms with Crippen molar-refractivity contribution in [3.05, 3.63) is 77.1 Å². The second kappa shape index (κ2) is 9.76. The third kappa shape index (κ3) is 5.04. The summed E-state index contributed by atoms with van der Waals surface area (Å²) in [5.74, 6) is 1.12. The van der Waals surface area contributed by atoms with Crippen LogP contribution < -0.4 is 10.6 Å². The van der Waals surface area contributed by atoms with E-state index in [4.69, 9.17) is 23.2 Å². The average molecular weight is 468 g/mol. The molecule has 4 aromatic rings. The number of rotatable bonds is 8. The SMILES string of the molecule is CC(=O)c1ccc(NCCNc2ncc(-n3ccnc3)c(-c3ccc(Cl)cc3Cl)n2)nc1. The first-order valence-electron chi connectivity index (χ1n) is 9.77. The normalized spacial score (nSPS) is 10.7. The average Bonchev–Trinajstić information content (AvgIpc) is 3.32. The van der Waals surface area contributed by atoms with Crippen LogP contribution in [0.25, 0.3) is 16.9 Å². The van der Waals surface area contributed by atoms with Gasteiger partial charge >= 0.3 is 0 Å². The predicted molar refractivity (Wildman–Crippen MR) is 126 cm³/mol. The van der Waals surface area contributed by atoms with Gasteiger partial charge in [-0.25, -0.2) is 19.9 Å². The number of imidazole rings is 1. The lowest BCUT2D eigenvalue weighted by Gasteiger charge is -2.13. The minimum atomic E-state index is -0.0152. The number of benzene rings is 1. The number of Topliss-reactive ketones (excluding diaryl/α,β-unsaturated/α-hetero) is 1. The Labute approximate surface area is 194 Å². The van der Waals surface area contributed by atoms with Crippen molar-refractivity contribution in [3.63, 3.8) is 0 Å². The molecule has 32 heavy (non-hydrogen) atoms. The van der Waals surface area contributed by atoms with Crippen molar-refractivity contribution in [1.29, 1.82) is 0 Å². The Balaban J connectivity index is 1.49. The van der Waals surface area contributed by atoms with E-state index in [1.54, 1.807) is 49.2 Å². The first-order chi connectivity index (χ1) is 15.5. The Hall–Kier alpha value is -3.49. The highest BCUT2D eigenvalue weighted by Crippen LogP contribution is 2.33. The quantitative estimate of drug-likeness (QED) is 0.284. The summed E-state index contributed by atoms with van der Waals surface area (Å²) in [6, 6.07) is 8.79. The second-order valence-corrected chi connectivity index (χ2v) is 7.71. The van der Waals surface area contributed by atoms with E-state index in [9.17, 15) is 4.79 Å². The van der Waals surface area contributed by atoms with Crippen LogP contribution in [0.2, 0.25) is 10.0 Å². The molecule has 0 aliphatic carbocycles. The third-order valence-corrected chi connectivity index (χ3v) is 5.17. The summed E-state index contributed by atoms with van der Waals surface area (Å²) in [5, 5.41) is 7.42. The zero-order valence-electron chi connectivity index (χ0n) is 17.1. The largest absolute Gasteiger partial charge is 0.368 e. The summed E-state index contributed by atoms with van der Waals surface area (Å²) in [7, 11) is 0. The molecule has 0 aliphatic rings. The molecule has 8 nitrogen and oxygen atoms in total. The van der Waals surface area contributed by atoms with Gasteiger partial charge in [-0.2, -0.15) is 0 Å². The number of carbonyl (C=O) groups is 1. The maximum Gasteiger partial charge on any atom is 0.223 e. The number of nitrogens with one attached hydrogen (secondary N) is 2. The van der Waals surface area contributed by atoms with Crippen molar-refractivity contribution >= 4 is 40.8 Å². The lowest BCUT2D eigenvalue weighted by Crippen LogP contribution is -2.16. The molecule has 0 saturated carbocycles. The van der Waals surface area contributed by atoms with Crippen molar-refractivity contribution in [3.8, 4) is 16.9 Å². The summed E-state index contributed by atoms with van der Waals surface area (Å²) in [5.41, 5.74) is 2.70. The summed E-state index contributed by atoms with van der Waals surface area (Å²) in [6.45, 7) is 2.64. The number of nitrogens with zero attached hydrogens (tertiary/aromatic N) is 5. The van der Waals surface area contributed by atoms with Crippen molar-refractivity contribution in [2.24, 2.45) is 0 Å². The minimum absolute atomic E-state index is 0.0152. The molecule has 0 amide bonds. The molecular formula is C22H19Cl2N7O. The molecule has 0 aliphatic heterocycles. The Bertz CT molecular complexity index is 1230. The van der Waals surface area contributed by atoms with E-state index >= 15 is 0 Å². The van der Waals surface area contributed by atoms with E-state index < -0.39 is 0 Å². The highest BCUT2D eigenvalue weighted by Gasteiger charge is 2.14. The number of hydrogen-bond donors (Lipinski definition) is 2. The number of halogens is 2. The van der Waals surface area contributed by atoms with Gasteiger partial charge in [0.05, 0.1) is 23.2 Å². The molecule has 1 aromatic carbocycles. The maximum absolute atomic E-state index is 11.3. The highest BCUT2D eigenvalue weighted by molar-refractivity contribution is 6.36. The van der Waals surface area contributed by atoms with Crippen molar-refractivity contribution < 1.29 is 4.79 Å². The van der Waals surface area contributed by atoms with Gasteiger partial charge in [0.15, 0.2) is 5.78 Å². The number of hydrogen-bond acceptors (Lipinski definition) is 7. The fraction of sp³-hybridized carbons (Fsp3) is 0.136. The Morgan fingerprint density at radius 3 is 2.59 bits per heavy atom. The summed E-state index contributed by atoms with van der Waals surface area (Å²) in [4.78, 5) is 28.8. The third-order valence-electron chi connectivity index (χ3n) is 4.62. The fourth-order valence-electron chi connectivity index (χ4n) is 3.00. The van der Waals surface area contributed by atoms with Gasteiger partial charge in [0.2, 0.25) is 5.95 Å². The molecule has 3 aromatic heterocycles. The van der Waals surface area contributed by atoms with Crippen molar-refractivity contribution in [2.45, 2.75) is 6.92 Å². The molecule has 162 valence electrons. The lowest BCUT2D eigenvalue weighted by atomic mass is 10.1. The van der Waals surface area contributed by atoms with Gasteiger partial charge < -0.3 is 15.2 Å². The maximum atomic E-state index is 11.3. The van der Waals surface area contributed by atoms with Crippen LogP contribution in [-0.4, -0.2) is 43.4 Å². The molecule has 0 unspecified atom stereocenters. The molecule has 0 atom stereocenters. The first kappa shape index (κ1) is 21.7. The molecule has 4 rings (SSSR count). The van der Waals surface area contributed by atoms with Gasteiger partial charge in [-0.1, -0.05) is 23.2 Å². The van der Waals surface area contributed by atoms with Gasteiger partial charge in [-0.15, -0.1) is 0 Å². The van der Waals surface area contributed by atoms with E-state index in [0.717, 1.165) is 11.3 Å². The van der Waals surface area contributed by atoms with Crippen molar-refractivity contribution in [2.75, 3.05) is 23.7 Å². The number of pyridine rings is 1. The monoisotopic (exact) mass is 467 g/mol. The highest BCUT2D eigenvalue weighted by atomic mass is 35.5. The first-order valence-corrected chi connectivity index (χ1v) is 10.5. The Morgan fingerprint density at radius 1 is 1.06 bits per heavy atom. The molecule has 0 fully saturated rings. The molecule has 0 spiro atoms. The van der Waals surface area contributed by atoms with E-state index in [1.165, 1.54) is 6.92 Å². The zero-order chi connectivity index (χ0) is 22.5. The Morgan fingerprint density at radius 2 is 1.91 bits per heavy atom. The Kier molecular flexibility index (Phi) is 6.63. The standard InChI is InChI=1S/C22H19Cl2N7O/c1-14(32)15-2-5-20(28-11-15)26-6-7-27-22-29-12-19(31-9-8-25-13-31)21(30-22)17-4-3-16(23)10-18(17)24/h2-5,8-13H,6-7H2,1H3,(H,26,28)(H,27,29,30). The van der Waals surface area contributed by atoms with Gasteiger partial charge in [0, 0.05) is 47.8 Å². The molecule has 3 heterocycles. The van der Waals surface area contributed by atoms with E-state index in [2.05, 4.69) is 30.6 Å². The van der Waals surface area contributed by atoms with Gasteiger partial charge in [-0.3, -0.25) is 4.79 Å². The zero-order valence-corrected chi connectivity index (χ0v) is 18.6. The van der Waals surface area contributed by atoms with Gasteiger partial charge in [0.25, 0.3) is 0 Å². The number of carbonyl (C=O) groups excluding carboxylic acids is 1. The number of aromatic nitrogens is 5. The lowest BCUT2D eigenvalue weighted by molar-refractivity contribution is 0.101. The number of anilines is 2. The van der Waals surface area contributed by atoms with Crippen LogP contribution in [0.4, 0.5) is 11.8 Å². The second-order valence-electron chi connectivity index (χ2n) is 6.86. The summed E-state index contributed by atoms with van der Waals surface area (Å²) < 4.78 is 1.82. The van der Waals surface area contributed by atoms with E-state index in [-0.39, 0.29) is 5.78 Å². The van der Waals surface area contributed by atoms with E-state index in [1.807, 2.05) is 16.8 Å². The summed E-state index contributed by atoms with van der Waals surface area (Å²) in [6.07, 6.45) is 8.44. The van der Waals surface area contributed by atoms with Crippen LogP contribution in [0.5, 0.6) is 0 Å². The fourth-order valence-corrected chi connectivity index (χ4v) is 3.50.